The highest BCUT2D eigenvalue weighted by Gasteiger charge is 2.20. The van der Waals surface area contributed by atoms with Crippen LogP contribution in [0.3, 0.4) is 0 Å². The highest BCUT2D eigenvalue weighted by molar-refractivity contribution is 6.61. The van der Waals surface area contributed by atoms with Crippen LogP contribution in [0.4, 0.5) is 0 Å². The molecule has 0 saturated heterocycles. The first-order valence-electron chi connectivity index (χ1n) is 8.05. The topological polar surface area (TPSA) is 42.2 Å². The van der Waals surface area contributed by atoms with Gasteiger partial charge in [-0.25, -0.2) is 0 Å². The molecule has 1 aromatic rings. The summed E-state index contributed by atoms with van der Waals surface area (Å²) in [6.07, 6.45) is 6.83. The number of hydrogen-bond acceptors (Lipinski definition) is 3. The maximum atomic E-state index is 8.86. The molecule has 21 heavy (non-hydrogen) atoms. The molecule has 4 heteroatoms. The number of hydrogen-bond donors (Lipinski definition) is 0. The van der Waals surface area contributed by atoms with E-state index < -0.39 is 0 Å². The van der Waals surface area contributed by atoms with Gasteiger partial charge in [0.25, 0.3) is 0 Å². The lowest BCUT2D eigenvalue weighted by molar-refractivity contribution is 0.200. The fraction of sp³-hybridized carbons (Fsp3) is 0.588. The van der Waals surface area contributed by atoms with Gasteiger partial charge in [0.15, 0.2) is 0 Å². The SMILES string of the molecule is CCCCCOB(OCCCCC)c1ccc(C#N)cc1. The van der Waals surface area contributed by atoms with Crippen LogP contribution in [0.5, 0.6) is 0 Å². The molecule has 114 valence electrons. The molecule has 0 bridgehead atoms. The zero-order valence-corrected chi connectivity index (χ0v) is 13.3. The number of nitriles is 1. The molecule has 3 nitrogen and oxygen atoms in total. The summed E-state index contributed by atoms with van der Waals surface area (Å²) in [6, 6.07) is 9.60. The van der Waals surface area contributed by atoms with Crippen molar-refractivity contribution < 1.29 is 9.31 Å². The van der Waals surface area contributed by atoms with Crippen LogP contribution in [-0.4, -0.2) is 20.3 Å². The van der Waals surface area contributed by atoms with Crippen LogP contribution in [0, 0.1) is 11.3 Å². The zero-order chi connectivity index (χ0) is 15.3. The minimum absolute atomic E-state index is 0.313. The molecular formula is C17H26BNO2. The molecule has 0 atom stereocenters. The van der Waals surface area contributed by atoms with Crippen molar-refractivity contribution in [2.24, 2.45) is 0 Å². The van der Waals surface area contributed by atoms with Crippen LogP contribution >= 0.6 is 0 Å². The Bertz CT molecular complexity index is 402. The normalized spacial score (nSPS) is 10.3. The Kier molecular flexibility index (Phi) is 9.60. The summed E-state index contributed by atoms with van der Waals surface area (Å²) in [5.41, 5.74) is 1.65. The van der Waals surface area contributed by atoms with Crippen LogP contribution < -0.4 is 5.46 Å². The van der Waals surface area contributed by atoms with E-state index in [2.05, 4.69) is 19.9 Å². The molecule has 0 heterocycles. The van der Waals surface area contributed by atoms with Crippen molar-refractivity contribution >= 4 is 12.6 Å². The molecule has 0 fully saturated rings. The van der Waals surface area contributed by atoms with Crippen LogP contribution in [0.2, 0.25) is 0 Å². The van der Waals surface area contributed by atoms with Crippen LogP contribution in [-0.2, 0) is 9.31 Å². The van der Waals surface area contributed by atoms with E-state index in [1.807, 2.05) is 24.3 Å². The van der Waals surface area contributed by atoms with Crippen molar-refractivity contribution in [2.75, 3.05) is 13.2 Å². The fourth-order valence-electron chi connectivity index (χ4n) is 2.04. The van der Waals surface area contributed by atoms with Gasteiger partial charge in [-0.15, -0.1) is 0 Å². The quantitative estimate of drug-likeness (QED) is 0.460. The lowest BCUT2D eigenvalue weighted by Gasteiger charge is -2.15. The number of nitrogens with zero attached hydrogens (tertiary/aromatic N) is 1. The van der Waals surface area contributed by atoms with Crippen LogP contribution in [0.1, 0.15) is 57.9 Å². The van der Waals surface area contributed by atoms with Gasteiger partial charge in [-0.3, -0.25) is 0 Å². The third kappa shape index (κ3) is 7.31. The molecule has 1 aromatic carbocycles. The molecule has 0 spiro atoms. The highest BCUT2D eigenvalue weighted by atomic mass is 16.6. The molecule has 0 saturated carbocycles. The Morgan fingerprint density at radius 3 is 1.86 bits per heavy atom. The van der Waals surface area contributed by atoms with Gasteiger partial charge in [-0.05, 0) is 30.4 Å². The summed E-state index contributed by atoms with van der Waals surface area (Å²) in [5.74, 6) is 0. The third-order valence-corrected chi connectivity index (χ3v) is 3.35. The van der Waals surface area contributed by atoms with E-state index in [1.165, 1.54) is 25.7 Å². The number of benzene rings is 1. The second kappa shape index (κ2) is 11.4. The van der Waals surface area contributed by atoms with Gasteiger partial charge in [0.1, 0.15) is 0 Å². The first-order chi connectivity index (χ1) is 10.3. The number of rotatable bonds is 11. The fourth-order valence-corrected chi connectivity index (χ4v) is 2.04. The van der Waals surface area contributed by atoms with Crippen molar-refractivity contribution in [3.05, 3.63) is 29.8 Å². The van der Waals surface area contributed by atoms with E-state index in [9.17, 15) is 0 Å². The van der Waals surface area contributed by atoms with Gasteiger partial charge < -0.3 is 9.31 Å². The van der Waals surface area contributed by atoms with Crippen LogP contribution in [0.15, 0.2) is 24.3 Å². The van der Waals surface area contributed by atoms with E-state index >= 15 is 0 Å². The molecule has 0 unspecified atom stereocenters. The Morgan fingerprint density at radius 1 is 0.905 bits per heavy atom. The van der Waals surface area contributed by atoms with Crippen molar-refractivity contribution in [3.63, 3.8) is 0 Å². The van der Waals surface area contributed by atoms with Crippen molar-refractivity contribution in [1.29, 1.82) is 5.26 Å². The summed E-state index contributed by atoms with van der Waals surface area (Å²) in [6.45, 7) is 5.79. The molecule has 1 rings (SSSR count). The molecule has 0 amide bonds. The largest absolute Gasteiger partial charge is 0.493 e. The molecule has 0 aromatic heterocycles. The summed E-state index contributed by atoms with van der Waals surface area (Å²) in [7, 11) is -0.313. The molecule has 0 N–H and O–H groups in total. The second-order valence-electron chi connectivity index (χ2n) is 5.22. The smallest absolute Gasteiger partial charge is 0.407 e. The maximum Gasteiger partial charge on any atom is 0.493 e. The van der Waals surface area contributed by atoms with Crippen molar-refractivity contribution in [3.8, 4) is 6.07 Å². The molecule has 0 aliphatic rings. The molecule has 0 aliphatic carbocycles. The first kappa shape index (κ1) is 17.7. The number of unbranched alkanes of at least 4 members (excludes halogenated alkanes) is 4. The van der Waals surface area contributed by atoms with Gasteiger partial charge in [0.2, 0.25) is 0 Å². The van der Waals surface area contributed by atoms with Crippen molar-refractivity contribution in [2.45, 2.75) is 52.4 Å². The minimum atomic E-state index is -0.313. The van der Waals surface area contributed by atoms with Crippen LogP contribution in [0.25, 0.3) is 0 Å². The molecule has 0 radical (unpaired) electrons. The average molecular weight is 287 g/mol. The maximum absolute atomic E-state index is 8.86. The monoisotopic (exact) mass is 287 g/mol. The summed E-state index contributed by atoms with van der Waals surface area (Å²) >= 11 is 0. The van der Waals surface area contributed by atoms with Gasteiger partial charge in [-0.2, -0.15) is 5.26 Å². The van der Waals surface area contributed by atoms with E-state index in [0.29, 0.717) is 18.8 Å². The third-order valence-electron chi connectivity index (χ3n) is 3.35. The summed E-state index contributed by atoms with van der Waals surface area (Å²) in [5, 5.41) is 8.86. The Morgan fingerprint density at radius 2 is 1.43 bits per heavy atom. The van der Waals surface area contributed by atoms with E-state index in [0.717, 1.165) is 18.3 Å². The first-order valence-corrected chi connectivity index (χ1v) is 8.05. The Labute approximate surface area is 129 Å². The standard InChI is InChI=1S/C17H26BNO2/c1-3-5-7-13-20-18(21-14-8-6-4-2)17-11-9-16(15-19)10-12-17/h9-12H,3-8,13-14H2,1-2H3. The average Bonchev–Trinajstić information content (AvgIpc) is 2.53. The van der Waals surface area contributed by atoms with Crippen molar-refractivity contribution in [1.82, 2.24) is 0 Å². The molecular weight excluding hydrogens is 261 g/mol. The van der Waals surface area contributed by atoms with Gasteiger partial charge in [-0.1, -0.05) is 51.7 Å². The van der Waals surface area contributed by atoms with Gasteiger partial charge in [0.05, 0.1) is 11.6 Å². The lowest BCUT2D eigenvalue weighted by Crippen LogP contribution is -2.37. The minimum Gasteiger partial charge on any atom is -0.407 e. The summed E-state index contributed by atoms with van der Waals surface area (Å²) in [4.78, 5) is 0. The van der Waals surface area contributed by atoms with E-state index in [-0.39, 0.29) is 7.12 Å². The molecule has 0 aliphatic heterocycles. The second-order valence-corrected chi connectivity index (χ2v) is 5.22. The van der Waals surface area contributed by atoms with E-state index in [1.54, 1.807) is 0 Å². The van der Waals surface area contributed by atoms with E-state index in [4.69, 9.17) is 14.6 Å². The zero-order valence-electron chi connectivity index (χ0n) is 13.3. The Hall–Kier alpha value is -1.31. The predicted molar refractivity (Wildman–Crippen MR) is 87.5 cm³/mol. The highest BCUT2D eigenvalue weighted by Crippen LogP contribution is 2.03. The van der Waals surface area contributed by atoms with Gasteiger partial charge in [0, 0.05) is 13.2 Å². The summed E-state index contributed by atoms with van der Waals surface area (Å²) < 4.78 is 11.8. The predicted octanol–water partition coefficient (Wildman–Crippen LogP) is 3.67. The van der Waals surface area contributed by atoms with Gasteiger partial charge >= 0.3 is 7.12 Å². The lowest BCUT2D eigenvalue weighted by atomic mass is 9.78. The Balaban J connectivity index is 2.54.